The summed E-state index contributed by atoms with van der Waals surface area (Å²) in [6.45, 7) is 0. The van der Waals surface area contributed by atoms with E-state index in [1.54, 1.807) is 6.20 Å². The Morgan fingerprint density at radius 3 is 3.11 bits per heavy atom. The van der Waals surface area contributed by atoms with Crippen molar-refractivity contribution in [1.29, 1.82) is 5.26 Å². The Morgan fingerprint density at radius 2 is 2.39 bits per heavy atom. The topological polar surface area (TPSA) is 61.1 Å². The largest absolute Gasteiger partial charge is 0.271 e. The van der Waals surface area contributed by atoms with Crippen LogP contribution < -0.4 is 5.32 Å². The molecule has 1 aromatic carbocycles. The van der Waals surface area contributed by atoms with Gasteiger partial charge in [0.25, 0.3) is 0 Å². The van der Waals surface area contributed by atoms with Crippen molar-refractivity contribution in [1.82, 2.24) is 10.3 Å². The third-order valence-electron chi connectivity index (χ3n) is 2.25. The standard InChI is InChI=1S/C12H9ClN4S/c1-18-12(16-7-14)17-11-4-2-3-10-9(11)5-8(13)6-15-10/h2-6H,1H3,(H,16,17). The lowest BCUT2D eigenvalue weighted by atomic mass is 10.2. The number of pyridine rings is 1. The smallest absolute Gasteiger partial charge is 0.183 e. The second kappa shape index (κ2) is 5.71. The number of rotatable bonds is 1. The van der Waals surface area contributed by atoms with E-state index in [9.17, 15) is 0 Å². The molecule has 0 aliphatic heterocycles. The lowest BCUT2D eigenvalue weighted by molar-refractivity contribution is 1.28. The molecule has 4 nitrogen and oxygen atoms in total. The lowest BCUT2D eigenvalue weighted by Crippen LogP contribution is -2.12. The average molecular weight is 277 g/mol. The van der Waals surface area contributed by atoms with Crippen LogP contribution >= 0.6 is 23.4 Å². The number of thioether (sulfide) groups is 1. The van der Waals surface area contributed by atoms with Crippen LogP contribution in [0, 0.1) is 11.5 Å². The maximum Gasteiger partial charge on any atom is 0.183 e. The van der Waals surface area contributed by atoms with Gasteiger partial charge in [-0.05, 0) is 24.5 Å². The summed E-state index contributed by atoms with van der Waals surface area (Å²) in [4.78, 5) is 8.61. The number of nitriles is 1. The molecule has 1 heterocycles. The number of hydrogen-bond acceptors (Lipinski definition) is 4. The van der Waals surface area contributed by atoms with Gasteiger partial charge in [-0.15, -0.1) is 0 Å². The Hall–Kier alpha value is -1.77. The molecule has 0 radical (unpaired) electrons. The number of nitrogens with zero attached hydrogens (tertiary/aromatic N) is 3. The summed E-state index contributed by atoms with van der Waals surface area (Å²) in [5, 5.41) is 13.1. The van der Waals surface area contributed by atoms with E-state index in [1.807, 2.05) is 36.7 Å². The van der Waals surface area contributed by atoms with E-state index >= 15 is 0 Å². The third-order valence-corrected chi connectivity index (χ3v) is 3.03. The number of aliphatic imine (C=N–C) groups is 1. The van der Waals surface area contributed by atoms with E-state index in [0.29, 0.717) is 10.2 Å². The highest BCUT2D eigenvalue weighted by atomic mass is 35.5. The van der Waals surface area contributed by atoms with Crippen LogP contribution in [0.4, 0.5) is 5.69 Å². The Bertz CT molecular complexity index is 648. The molecule has 6 heteroatoms. The summed E-state index contributed by atoms with van der Waals surface area (Å²) < 4.78 is 0. The Balaban J connectivity index is 2.57. The first-order valence-corrected chi connectivity index (χ1v) is 6.67. The van der Waals surface area contributed by atoms with Crippen LogP contribution in [0.3, 0.4) is 0 Å². The molecular weight excluding hydrogens is 268 g/mol. The zero-order chi connectivity index (χ0) is 13.0. The van der Waals surface area contributed by atoms with Crippen LogP contribution in [-0.4, -0.2) is 16.4 Å². The zero-order valence-corrected chi connectivity index (χ0v) is 11.1. The molecule has 2 aromatic rings. The minimum Gasteiger partial charge on any atom is -0.271 e. The van der Waals surface area contributed by atoms with Crippen LogP contribution in [0.25, 0.3) is 10.9 Å². The Morgan fingerprint density at radius 1 is 1.56 bits per heavy atom. The summed E-state index contributed by atoms with van der Waals surface area (Å²) in [5.74, 6) is 0. The van der Waals surface area contributed by atoms with Crippen molar-refractivity contribution in [2.45, 2.75) is 0 Å². The van der Waals surface area contributed by atoms with Crippen molar-refractivity contribution in [3.63, 3.8) is 0 Å². The quantitative estimate of drug-likeness (QED) is 0.376. The molecule has 0 aliphatic rings. The summed E-state index contributed by atoms with van der Waals surface area (Å²) in [7, 11) is 0. The highest BCUT2D eigenvalue weighted by Gasteiger charge is 2.03. The van der Waals surface area contributed by atoms with Crippen molar-refractivity contribution in [3.05, 3.63) is 35.5 Å². The maximum atomic E-state index is 8.61. The number of halogens is 1. The molecule has 0 saturated carbocycles. The molecule has 0 aliphatic carbocycles. The first-order chi connectivity index (χ1) is 8.74. The van der Waals surface area contributed by atoms with Crippen LogP contribution in [0.1, 0.15) is 0 Å². The minimum absolute atomic E-state index is 0.532. The SMILES string of the molecule is CSC(=Nc1cccc2ncc(Cl)cc12)NC#N. The van der Waals surface area contributed by atoms with Crippen molar-refractivity contribution < 1.29 is 0 Å². The number of amidine groups is 1. The highest BCUT2D eigenvalue weighted by Crippen LogP contribution is 2.27. The molecule has 1 N–H and O–H groups in total. The van der Waals surface area contributed by atoms with Gasteiger partial charge in [0, 0.05) is 11.6 Å². The molecule has 18 heavy (non-hydrogen) atoms. The van der Waals surface area contributed by atoms with Gasteiger partial charge in [0.1, 0.15) is 0 Å². The van der Waals surface area contributed by atoms with E-state index in [2.05, 4.69) is 15.3 Å². The molecular formula is C12H9ClN4S. The van der Waals surface area contributed by atoms with Crippen molar-refractivity contribution >= 4 is 45.1 Å². The van der Waals surface area contributed by atoms with Crippen molar-refractivity contribution in [3.8, 4) is 6.19 Å². The fourth-order valence-electron chi connectivity index (χ4n) is 1.49. The molecule has 0 bridgehead atoms. The molecule has 0 saturated heterocycles. The first-order valence-electron chi connectivity index (χ1n) is 5.06. The summed E-state index contributed by atoms with van der Waals surface area (Å²) in [6.07, 6.45) is 5.30. The van der Waals surface area contributed by atoms with Gasteiger partial charge in [-0.2, -0.15) is 5.26 Å². The molecule has 1 aromatic heterocycles. The van der Waals surface area contributed by atoms with Gasteiger partial charge in [-0.1, -0.05) is 29.4 Å². The summed E-state index contributed by atoms with van der Waals surface area (Å²) in [6, 6.07) is 7.43. The molecule has 0 atom stereocenters. The van der Waals surface area contributed by atoms with E-state index < -0.39 is 0 Å². The average Bonchev–Trinajstić information content (AvgIpc) is 2.38. The molecule has 0 fully saturated rings. The van der Waals surface area contributed by atoms with E-state index in [-0.39, 0.29) is 0 Å². The normalized spacial score (nSPS) is 11.3. The lowest BCUT2D eigenvalue weighted by Gasteiger charge is -2.04. The maximum absolute atomic E-state index is 8.61. The fraction of sp³-hybridized carbons (Fsp3) is 0.0833. The second-order valence-corrected chi connectivity index (χ2v) is 4.59. The van der Waals surface area contributed by atoms with Crippen LogP contribution in [0.5, 0.6) is 0 Å². The van der Waals surface area contributed by atoms with E-state index in [1.165, 1.54) is 11.8 Å². The number of hydrogen-bond donors (Lipinski definition) is 1. The second-order valence-electron chi connectivity index (χ2n) is 3.36. The number of fused-ring (bicyclic) bond motifs is 1. The van der Waals surface area contributed by atoms with Gasteiger partial charge in [0.15, 0.2) is 11.4 Å². The molecule has 90 valence electrons. The van der Waals surface area contributed by atoms with E-state index in [0.717, 1.165) is 16.6 Å². The predicted molar refractivity (Wildman–Crippen MR) is 76.1 cm³/mol. The van der Waals surface area contributed by atoms with Gasteiger partial charge in [-0.3, -0.25) is 10.3 Å². The van der Waals surface area contributed by atoms with Crippen LogP contribution in [0.15, 0.2) is 35.5 Å². The molecule has 0 amide bonds. The Labute approximate surface area is 114 Å². The molecule has 0 spiro atoms. The Kier molecular flexibility index (Phi) is 4.03. The van der Waals surface area contributed by atoms with Gasteiger partial charge in [-0.25, -0.2) is 4.99 Å². The molecule has 2 rings (SSSR count). The number of aromatic nitrogens is 1. The summed E-state index contributed by atoms with van der Waals surface area (Å²) >= 11 is 7.30. The first kappa shape index (κ1) is 12.7. The number of nitrogens with one attached hydrogen (secondary N) is 1. The van der Waals surface area contributed by atoms with Crippen molar-refractivity contribution in [2.24, 2.45) is 4.99 Å². The summed E-state index contributed by atoms with van der Waals surface area (Å²) in [5.41, 5.74) is 1.55. The third kappa shape index (κ3) is 2.73. The van der Waals surface area contributed by atoms with Gasteiger partial charge in [0.05, 0.1) is 16.2 Å². The van der Waals surface area contributed by atoms with Gasteiger partial charge in [0.2, 0.25) is 0 Å². The minimum atomic E-state index is 0.532. The van der Waals surface area contributed by atoms with E-state index in [4.69, 9.17) is 16.9 Å². The molecule has 0 unspecified atom stereocenters. The monoisotopic (exact) mass is 276 g/mol. The van der Waals surface area contributed by atoms with Crippen molar-refractivity contribution in [2.75, 3.05) is 6.26 Å². The van der Waals surface area contributed by atoms with Crippen LogP contribution in [-0.2, 0) is 0 Å². The van der Waals surface area contributed by atoms with Gasteiger partial charge >= 0.3 is 0 Å². The zero-order valence-electron chi connectivity index (χ0n) is 9.51. The van der Waals surface area contributed by atoms with Crippen LogP contribution in [0.2, 0.25) is 5.02 Å². The number of benzene rings is 1. The highest BCUT2D eigenvalue weighted by molar-refractivity contribution is 8.13. The van der Waals surface area contributed by atoms with Gasteiger partial charge < -0.3 is 0 Å². The predicted octanol–water partition coefficient (Wildman–Crippen LogP) is 3.31. The fourth-order valence-corrected chi connectivity index (χ4v) is 1.98.